The summed E-state index contributed by atoms with van der Waals surface area (Å²) in [5.74, 6) is -0.462. The first-order chi connectivity index (χ1) is 15.1. The third kappa shape index (κ3) is 5.05. The molecule has 2 amide bonds. The number of amides is 2. The molecule has 3 aliphatic rings. The van der Waals surface area contributed by atoms with Crippen molar-refractivity contribution in [1.82, 2.24) is 20.4 Å². The minimum Gasteiger partial charge on any atom is -0.466 e. The van der Waals surface area contributed by atoms with Crippen LogP contribution in [0.15, 0.2) is 35.5 Å². The molecule has 1 aromatic rings. The van der Waals surface area contributed by atoms with E-state index in [1.54, 1.807) is 6.07 Å². The fraction of sp³-hybridized carbons (Fsp3) is 0.565. The Kier molecular flexibility index (Phi) is 7.15. The fourth-order valence-corrected chi connectivity index (χ4v) is 5.23. The molecule has 0 spiro atoms. The molecule has 0 bridgehead atoms. The highest BCUT2D eigenvalue weighted by molar-refractivity contribution is 6.31. The number of hydrogen-bond donors (Lipinski definition) is 2. The second kappa shape index (κ2) is 10.0. The number of urea groups is 1. The van der Waals surface area contributed by atoms with Gasteiger partial charge in [-0.1, -0.05) is 36.2 Å². The molecular formula is C23H31ClN4O3. The lowest BCUT2D eigenvalue weighted by Gasteiger charge is -2.41. The number of methoxy groups -OCH3 is 1. The highest BCUT2D eigenvalue weighted by atomic mass is 35.5. The van der Waals surface area contributed by atoms with Crippen LogP contribution in [0, 0.1) is 0 Å². The molecule has 3 aliphatic heterocycles. The average Bonchev–Trinajstić information content (AvgIpc) is 2.80. The molecule has 1 unspecified atom stereocenters. The van der Waals surface area contributed by atoms with Crippen LogP contribution in [0.4, 0.5) is 4.79 Å². The van der Waals surface area contributed by atoms with Gasteiger partial charge < -0.3 is 20.3 Å². The number of halogens is 1. The molecule has 4 rings (SSSR count). The standard InChI is InChI=1S/C23H31ClN4O3/c1-31-22(29)20-19(25-23(30)26-21(20)17-7-3-4-8-18(17)24)15-27-13-9-16(10-14-27)28-11-5-2-6-12-28/h3-4,7-8,16,21H,2,5-6,9-15H2,1H3,(H2,25,26,30). The van der Waals surface area contributed by atoms with Crippen molar-refractivity contribution in [3.63, 3.8) is 0 Å². The van der Waals surface area contributed by atoms with Crippen molar-refractivity contribution in [3.05, 3.63) is 46.1 Å². The molecule has 0 saturated carbocycles. The molecule has 1 atom stereocenters. The maximum absolute atomic E-state index is 12.7. The molecule has 0 aromatic heterocycles. The van der Waals surface area contributed by atoms with Crippen molar-refractivity contribution in [1.29, 1.82) is 0 Å². The van der Waals surface area contributed by atoms with Gasteiger partial charge in [0.15, 0.2) is 0 Å². The highest BCUT2D eigenvalue weighted by Gasteiger charge is 2.35. The summed E-state index contributed by atoms with van der Waals surface area (Å²) < 4.78 is 5.08. The van der Waals surface area contributed by atoms with Gasteiger partial charge in [0, 0.05) is 36.4 Å². The van der Waals surface area contributed by atoms with E-state index in [1.807, 2.05) is 18.2 Å². The van der Waals surface area contributed by atoms with Crippen molar-refractivity contribution in [2.24, 2.45) is 0 Å². The number of nitrogens with zero attached hydrogens (tertiary/aromatic N) is 2. The van der Waals surface area contributed by atoms with Crippen LogP contribution >= 0.6 is 11.6 Å². The SMILES string of the molecule is COC(=O)C1=C(CN2CCC(N3CCCCC3)CC2)NC(=O)NC1c1ccccc1Cl. The van der Waals surface area contributed by atoms with Crippen molar-refractivity contribution in [2.75, 3.05) is 39.8 Å². The lowest BCUT2D eigenvalue weighted by molar-refractivity contribution is -0.136. The van der Waals surface area contributed by atoms with E-state index in [2.05, 4.69) is 20.4 Å². The minimum atomic E-state index is -0.643. The summed E-state index contributed by atoms with van der Waals surface area (Å²) in [6.45, 7) is 4.82. The Morgan fingerprint density at radius 2 is 1.84 bits per heavy atom. The first-order valence-electron chi connectivity index (χ1n) is 11.2. The van der Waals surface area contributed by atoms with Gasteiger partial charge in [-0.25, -0.2) is 9.59 Å². The van der Waals surface area contributed by atoms with Gasteiger partial charge in [0.25, 0.3) is 0 Å². The summed E-state index contributed by atoms with van der Waals surface area (Å²) in [5.41, 5.74) is 1.69. The van der Waals surface area contributed by atoms with E-state index in [4.69, 9.17) is 16.3 Å². The highest BCUT2D eigenvalue weighted by Crippen LogP contribution is 2.32. The van der Waals surface area contributed by atoms with Crippen molar-refractivity contribution < 1.29 is 14.3 Å². The van der Waals surface area contributed by atoms with Gasteiger partial charge in [-0.05, 0) is 50.4 Å². The molecule has 2 saturated heterocycles. The molecule has 31 heavy (non-hydrogen) atoms. The Morgan fingerprint density at radius 3 is 2.52 bits per heavy atom. The van der Waals surface area contributed by atoms with Gasteiger partial charge >= 0.3 is 12.0 Å². The largest absolute Gasteiger partial charge is 0.466 e. The minimum absolute atomic E-state index is 0.337. The monoisotopic (exact) mass is 446 g/mol. The van der Waals surface area contributed by atoms with Crippen LogP contribution in [0.1, 0.15) is 43.7 Å². The summed E-state index contributed by atoms with van der Waals surface area (Å²) in [6.07, 6.45) is 6.18. The predicted molar refractivity (Wildman–Crippen MR) is 120 cm³/mol. The number of piperidine rings is 2. The third-order valence-electron chi connectivity index (χ3n) is 6.62. The summed E-state index contributed by atoms with van der Waals surface area (Å²) in [7, 11) is 1.36. The molecule has 8 heteroatoms. The smallest absolute Gasteiger partial charge is 0.338 e. The summed E-state index contributed by atoms with van der Waals surface area (Å²) >= 11 is 6.39. The maximum atomic E-state index is 12.7. The molecule has 2 N–H and O–H groups in total. The second-order valence-electron chi connectivity index (χ2n) is 8.54. The van der Waals surface area contributed by atoms with E-state index >= 15 is 0 Å². The third-order valence-corrected chi connectivity index (χ3v) is 6.97. The number of rotatable bonds is 5. The Hall–Kier alpha value is -2.09. The van der Waals surface area contributed by atoms with Crippen LogP contribution in [0.5, 0.6) is 0 Å². The molecule has 2 fully saturated rings. The molecule has 1 aromatic carbocycles. The molecule has 168 valence electrons. The zero-order chi connectivity index (χ0) is 21.8. The fourth-order valence-electron chi connectivity index (χ4n) is 4.99. The first-order valence-corrected chi connectivity index (χ1v) is 11.5. The van der Waals surface area contributed by atoms with Crippen LogP contribution in [0.2, 0.25) is 5.02 Å². The van der Waals surface area contributed by atoms with E-state index in [0.29, 0.717) is 34.4 Å². The number of carbonyl (C=O) groups excluding carboxylic acids is 2. The Bertz CT molecular complexity index is 845. The molecule has 0 aliphatic carbocycles. The van der Waals surface area contributed by atoms with Crippen molar-refractivity contribution >= 4 is 23.6 Å². The Labute approximate surface area is 188 Å². The summed E-state index contributed by atoms with van der Waals surface area (Å²) in [4.78, 5) is 30.1. The zero-order valence-electron chi connectivity index (χ0n) is 18.0. The van der Waals surface area contributed by atoms with Gasteiger partial charge in [-0.2, -0.15) is 0 Å². The number of benzene rings is 1. The number of likely N-dealkylation sites (tertiary alicyclic amines) is 2. The van der Waals surface area contributed by atoms with Gasteiger partial charge in [0.05, 0.1) is 18.7 Å². The zero-order valence-corrected chi connectivity index (χ0v) is 18.8. The van der Waals surface area contributed by atoms with E-state index in [-0.39, 0.29) is 6.03 Å². The van der Waals surface area contributed by atoms with Gasteiger partial charge in [0.2, 0.25) is 0 Å². The summed E-state index contributed by atoms with van der Waals surface area (Å²) in [6, 6.07) is 6.91. The first kappa shape index (κ1) is 22.1. The van der Waals surface area contributed by atoms with Crippen LogP contribution in [0.25, 0.3) is 0 Å². The second-order valence-corrected chi connectivity index (χ2v) is 8.95. The Balaban J connectivity index is 1.52. The number of hydrogen-bond acceptors (Lipinski definition) is 5. The van der Waals surface area contributed by atoms with Gasteiger partial charge in [0.1, 0.15) is 0 Å². The van der Waals surface area contributed by atoms with Gasteiger partial charge in [-0.15, -0.1) is 0 Å². The maximum Gasteiger partial charge on any atom is 0.338 e. The normalized spacial score (nSPS) is 23.9. The quantitative estimate of drug-likeness (QED) is 0.680. The molecule has 0 radical (unpaired) electrons. The lowest BCUT2D eigenvalue weighted by atomic mass is 9.94. The van der Waals surface area contributed by atoms with Crippen LogP contribution in [-0.2, 0) is 9.53 Å². The van der Waals surface area contributed by atoms with Crippen LogP contribution in [-0.4, -0.2) is 67.7 Å². The lowest BCUT2D eigenvalue weighted by Crippen LogP contribution is -2.51. The molecule has 7 nitrogen and oxygen atoms in total. The van der Waals surface area contributed by atoms with Crippen molar-refractivity contribution in [3.8, 4) is 0 Å². The van der Waals surface area contributed by atoms with E-state index in [9.17, 15) is 9.59 Å². The van der Waals surface area contributed by atoms with Gasteiger partial charge in [-0.3, -0.25) is 4.90 Å². The number of nitrogens with one attached hydrogen (secondary N) is 2. The van der Waals surface area contributed by atoms with E-state index < -0.39 is 12.0 Å². The van der Waals surface area contributed by atoms with Crippen LogP contribution < -0.4 is 10.6 Å². The number of ether oxygens (including phenoxy) is 1. The van der Waals surface area contributed by atoms with Crippen LogP contribution in [0.3, 0.4) is 0 Å². The van der Waals surface area contributed by atoms with E-state index in [1.165, 1.54) is 39.5 Å². The average molecular weight is 447 g/mol. The topological polar surface area (TPSA) is 73.9 Å². The predicted octanol–water partition coefficient (Wildman–Crippen LogP) is 3.07. The number of carbonyl (C=O) groups is 2. The summed E-state index contributed by atoms with van der Waals surface area (Å²) in [5, 5.41) is 6.19. The Morgan fingerprint density at radius 1 is 1.13 bits per heavy atom. The van der Waals surface area contributed by atoms with Crippen molar-refractivity contribution in [2.45, 2.75) is 44.2 Å². The molecule has 3 heterocycles. The van der Waals surface area contributed by atoms with E-state index in [0.717, 1.165) is 25.9 Å². The number of esters is 1. The molecular weight excluding hydrogens is 416 g/mol.